The van der Waals surface area contributed by atoms with E-state index in [9.17, 15) is 9.59 Å². The van der Waals surface area contributed by atoms with E-state index in [4.69, 9.17) is 0 Å². The zero-order valence-electron chi connectivity index (χ0n) is 13.3. The molecule has 1 aliphatic rings. The fourth-order valence-corrected chi connectivity index (χ4v) is 3.43. The summed E-state index contributed by atoms with van der Waals surface area (Å²) in [5.41, 5.74) is 0.683. The molecule has 126 valence electrons. The Kier molecular flexibility index (Phi) is 5.53. The van der Waals surface area contributed by atoms with Crippen molar-refractivity contribution in [3.05, 3.63) is 40.3 Å². The first-order valence-electron chi connectivity index (χ1n) is 8.23. The molecule has 24 heavy (non-hydrogen) atoms. The predicted molar refractivity (Wildman–Crippen MR) is 93.3 cm³/mol. The lowest BCUT2D eigenvalue weighted by Crippen LogP contribution is -2.34. The van der Waals surface area contributed by atoms with Crippen molar-refractivity contribution in [3.63, 3.8) is 0 Å². The SMILES string of the molecule is O=C(Nc1ccccc1)c1nnc(C(=O)NC2CCCCCC2)s1. The van der Waals surface area contributed by atoms with E-state index in [0.717, 1.165) is 37.0 Å². The van der Waals surface area contributed by atoms with Gasteiger partial charge < -0.3 is 10.6 Å². The van der Waals surface area contributed by atoms with E-state index in [0.29, 0.717) is 5.69 Å². The van der Waals surface area contributed by atoms with Gasteiger partial charge in [-0.2, -0.15) is 0 Å². The Morgan fingerprint density at radius 3 is 2.21 bits per heavy atom. The highest BCUT2D eigenvalue weighted by Crippen LogP contribution is 2.18. The van der Waals surface area contributed by atoms with Crippen LogP contribution >= 0.6 is 11.3 Å². The molecule has 6 nitrogen and oxygen atoms in total. The molecule has 3 rings (SSSR count). The predicted octanol–water partition coefficient (Wildman–Crippen LogP) is 3.24. The normalized spacial score (nSPS) is 15.5. The number of carbonyl (C=O) groups is 2. The van der Waals surface area contributed by atoms with Crippen LogP contribution in [0.2, 0.25) is 0 Å². The number of nitrogens with one attached hydrogen (secondary N) is 2. The molecule has 1 heterocycles. The lowest BCUT2D eigenvalue weighted by Gasteiger charge is -2.14. The summed E-state index contributed by atoms with van der Waals surface area (Å²) in [7, 11) is 0. The monoisotopic (exact) mass is 344 g/mol. The second-order valence-electron chi connectivity index (χ2n) is 5.89. The number of hydrogen-bond donors (Lipinski definition) is 2. The molecular formula is C17H20N4O2S. The summed E-state index contributed by atoms with van der Waals surface area (Å²) in [6.07, 6.45) is 6.76. The number of hydrogen-bond acceptors (Lipinski definition) is 5. The van der Waals surface area contributed by atoms with Gasteiger partial charge in [-0.1, -0.05) is 55.2 Å². The minimum Gasteiger partial charge on any atom is -0.347 e. The van der Waals surface area contributed by atoms with E-state index >= 15 is 0 Å². The lowest BCUT2D eigenvalue weighted by atomic mass is 10.1. The van der Waals surface area contributed by atoms with Crippen LogP contribution in [-0.4, -0.2) is 28.1 Å². The molecule has 0 radical (unpaired) electrons. The number of amides is 2. The average Bonchev–Trinajstić information content (AvgIpc) is 2.96. The van der Waals surface area contributed by atoms with Crippen molar-refractivity contribution in [2.24, 2.45) is 0 Å². The molecule has 0 bridgehead atoms. The molecule has 1 aromatic carbocycles. The molecular weight excluding hydrogens is 324 g/mol. The maximum Gasteiger partial charge on any atom is 0.286 e. The molecule has 1 aliphatic carbocycles. The third-order valence-electron chi connectivity index (χ3n) is 4.04. The quantitative estimate of drug-likeness (QED) is 0.834. The molecule has 1 fully saturated rings. The van der Waals surface area contributed by atoms with Crippen LogP contribution in [0.5, 0.6) is 0 Å². The van der Waals surface area contributed by atoms with Crippen molar-refractivity contribution < 1.29 is 9.59 Å². The number of nitrogens with zero attached hydrogens (tertiary/aromatic N) is 2. The third-order valence-corrected chi connectivity index (χ3v) is 4.96. The van der Waals surface area contributed by atoms with Crippen LogP contribution in [0.4, 0.5) is 5.69 Å². The summed E-state index contributed by atoms with van der Waals surface area (Å²) in [5, 5.41) is 13.9. The van der Waals surface area contributed by atoms with Gasteiger partial charge in [-0.15, -0.1) is 10.2 Å². The Morgan fingerprint density at radius 2 is 1.54 bits per heavy atom. The summed E-state index contributed by atoms with van der Waals surface area (Å²) in [6.45, 7) is 0. The van der Waals surface area contributed by atoms with Crippen LogP contribution in [0.1, 0.15) is 58.1 Å². The van der Waals surface area contributed by atoms with Crippen LogP contribution in [0.15, 0.2) is 30.3 Å². The molecule has 1 saturated carbocycles. The minimum absolute atomic E-state index is 0.185. The summed E-state index contributed by atoms with van der Waals surface area (Å²) in [5.74, 6) is -0.592. The molecule has 2 amide bonds. The smallest absolute Gasteiger partial charge is 0.286 e. The third kappa shape index (κ3) is 4.38. The Bertz CT molecular complexity index is 694. The van der Waals surface area contributed by atoms with Gasteiger partial charge in [0, 0.05) is 11.7 Å². The average molecular weight is 344 g/mol. The molecule has 7 heteroatoms. The Balaban J connectivity index is 1.59. The Morgan fingerprint density at radius 1 is 0.917 bits per heavy atom. The summed E-state index contributed by atoms with van der Waals surface area (Å²) < 4.78 is 0. The van der Waals surface area contributed by atoms with E-state index in [1.807, 2.05) is 18.2 Å². The number of aromatic nitrogens is 2. The van der Waals surface area contributed by atoms with Gasteiger partial charge in [0.1, 0.15) is 0 Å². The maximum absolute atomic E-state index is 12.3. The highest BCUT2D eigenvalue weighted by atomic mass is 32.1. The first-order valence-corrected chi connectivity index (χ1v) is 9.05. The molecule has 0 unspecified atom stereocenters. The van der Waals surface area contributed by atoms with Gasteiger partial charge in [0.25, 0.3) is 11.8 Å². The molecule has 0 aliphatic heterocycles. The highest BCUT2D eigenvalue weighted by molar-refractivity contribution is 7.15. The van der Waals surface area contributed by atoms with E-state index in [1.54, 1.807) is 12.1 Å². The fourth-order valence-electron chi connectivity index (χ4n) is 2.78. The highest BCUT2D eigenvalue weighted by Gasteiger charge is 2.21. The number of para-hydroxylation sites is 1. The first kappa shape index (κ1) is 16.6. The van der Waals surface area contributed by atoms with Gasteiger partial charge in [0.05, 0.1) is 0 Å². The number of rotatable bonds is 4. The Hall–Kier alpha value is -2.28. The molecule has 2 aromatic rings. The molecule has 0 atom stereocenters. The largest absolute Gasteiger partial charge is 0.347 e. The standard InChI is InChI=1S/C17H20N4O2S/c22-14(18-12-8-4-1-2-5-9-12)16-20-21-17(24-16)15(23)19-13-10-6-3-7-11-13/h3,6-7,10-12H,1-2,4-5,8-9H2,(H,18,22)(H,19,23). The molecule has 2 N–H and O–H groups in total. The van der Waals surface area contributed by atoms with Gasteiger partial charge in [0.15, 0.2) is 0 Å². The van der Waals surface area contributed by atoms with Crippen LogP contribution in [-0.2, 0) is 0 Å². The van der Waals surface area contributed by atoms with Crippen molar-refractivity contribution in [2.75, 3.05) is 5.32 Å². The molecule has 1 aromatic heterocycles. The van der Waals surface area contributed by atoms with E-state index in [2.05, 4.69) is 20.8 Å². The topological polar surface area (TPSA) is 84.0 Å². The number of carbonyl (C=O) groups excluding carboxylic acids is 2. The minimum atomic E-state index is -0.354. The van der Waals surface area contributed by atoms with Gasteiger partial charge >= 0.3 is 0 Å². The summed E-state index contributed by atoms with van der Waals surface area (Å²) >= 11 is 1.02. The van der Waals surface area contributed by atoms with Crippen molar-refractivity contribution >= 4 is 28.8 Å². The molecule has 0 spiro atoms. The van der Waals surface area contributed by atoms with Crippen molar-refractivity contribution in [2.45, 2.75) is 44.6 Å². The van der Waals surface area contributed by atoms with Crippen molar-refractivity contribution in [1.82, 2.24) is 15.5 Å². The second-order valence-corrected chi connectivity index (χ2v) is 6.87. The van der Waals surface area contributed by atoms with E-state index in [1.165, 1.54) is 12.8 Å². The van der Waals surface area contributed by atoms with Gasteiger partial charge in [-0.05, 0) is 25.0 Å². The lowest BCUT2D eigenvalue weighted by molar-refractivity contribution is 0.0931. The van der Waals surface area contributed by atoms with E-state index in [-0.39, 0.29) is 27.9 Å². The first-order chi connectivity index (χ1) is 11.7. The number of benzene rings is 1. The van der Waals surface area contributed by atoms with Gasteiger partial charge in [-0.25, -0.2) is 0 Å². The van der Waals surface area contributed by atoms with Crippen LogP contribution < -0.4 is 10.6 Å². The summed E-state index contributed by atoms with van der Waals surface area (Å²) in [6, 6.07) is 9.32. The zero-order chi connectivity index (χ0) is 16.8. The zero-order valence-corrected chi connectivity index (χ0v) is 14.1. The summed E-state index contributed by atoms with van der Waals surface area (Å²) in [4.78, 5) is 24.4. The van der Waals surface area contributed by atoms with Crippen molar-refractivity contribution in [3.8, 4) is 0 Å². The maximum atomic E-state index is 12.3. The fraction of sp³-hybridized carbons (Fsp3) is 0.412. The number of anilines is 1. The van der Waals surface area contributed by atoms with Crippen LogP contribution in [0.3, 0.4) is 0 Å². The van der Waals surface area contributed by atoms with Crippen LogP contribution in [0, 0.1) is 0 Å². The Labute approximate surface area is 144 Å². The molecule has 0 saturated heterocycles. The van der Waals surface area contributed by atoms with E-state index < -0.39 is 0 Å². The van der Waals surface area contributed by atoms with Gasteiger partial charge in [0.2, 0.25) is 10.0 Å². The van der Waals surface area contributed by atoms with Gasteiger partial charge in [-0.3, -0.25) is 9.59 Å². The van der Waals surface area contributed by atoms with Crippen LogP contribution in [0.25, 0.3) is 0 Å². The van der Waals surface area contributed by atoms with Crippen molar-refractivity contribution in [1.29, 1.82) is 0 Å². The second kappa shape index (κ2) is 8.01.